The molecule has 94 valence electrons. The summed E-state index contributed by atoms with van der Waals surface area (Å²) in [5.41, 5.74) is 1.94. The van der Waals surface area contributed by atoms with Crippen LogP contribution in [0.25, 0.3) is 0 Å². The summed E-state index contributed by atoms with van der Waals surface area (Å²) in [7, 11) is 0. The molecule has 0 fully saturated rings. The van der Waals surface area contributed by atoms with E-state index in [1.54, 1.807) is 6.07 Å². The van der Waals surface area contributed by atoms with E-state index in [1.165, 1.54) is 0 Å². The Morgan fingerprint density at radius 3 is 2.61 bits per heavy atom. The van der Waals surface area contributed by atoms with Gasteiger partial charge in [-0.2, -0.15) is 0 Å². The lowest BCUT2D eigenvalue weighted by molar-refractivity contribution is 0.474. The van der Waals surface area contributed by atoms with E-state index in [4.69, 9.17) is 27.9 Å². The quantitative estimate of drug-likeness (QED) is 0.625. The lowest BCUT2D eigenvalue weighted by Crippen LogP contribution is -1.91. The lowest BCUT2D eigenvalue weighted by atomic mass is 10.2. The number of alkyl halides is 1. The van der Waals surface area contributed by atoms with Gasteiger partial charge in [-0.25, -0.2) is 0 Å². The Morgan fingerprint density at radius 2 is 1.89 bits per heavy atom. The van der Waals surface area contributed by atoms with E-state index in [0.29, 0.717) is 10.9 Å². The lowest BCUT2D eigenvalue weighted by Gasteiger charge is -2.12. The Labute approximate surface area is 125 Å². The van der Waals surface area contributed by atoms with Crippen LogP contribution < -0.4 is 4.74 Å². The minimum Gasteiger partial charge on any atom is -0.457 e. The molecule has 0 aliphatic rings. The highest BCUT2D eigenvalue weighted by atomic mass is 79.9. The molecule has 0 aromatic heterocycles. The van der Waals surface area contributed by atoms with Crippen LogP contribution in [0.3, 0.4) is 0 Å². The number of hydrogen-bond acceptors (Lipinski definition) is 1. The van der Waals surface area contributed by atoms with Crippen molar-refractivity contribution in [2.24, 2.45) is 0 Å². The van der Waals surface area contributed by atoms with Crippen LogP contribution in [-0.2, 0) is 5.88 Å². The molecule has 0 bridgehead atoms. The van der Waals surface area contributed by atoms with Crippen molar-refractivity contribution >= 4 is 39.1 Å². The topological polar surface area (TPSA) is 9.23 Å². The average molecular weight is 346 g/mol. The van der Waals surface area contributed by atoms with Crippen molar-refractivity contribution in [1.29, 1.82) is 0 Å². The minimum absolute atomic E-state index is 0.364. The summed E-state index contributed by atoms with van der Waals surface area (Å²) in [5.74, 6) is 1.90. The van der Waals surface area contributed by atoms with Crippen LogP contribution in [0.4, 0.5) is 0 Å². The molecular formula is C14H11BrCl2O. The first-order valence-electron chi connectivity index (χ1n) is 5.38. The second-order valence-electron chi connectivity index (χ2n) is 3.90. The maximum absolute atomic E-state index is 5.93. The smallest absolute Gasteiger partial charge is 0.131 e. The molecule has 18 heavy (non-hydrogen) atoms. The molecule has 0 heterocycles. The molecule has 0 amide bonds. The van der Waals surface area contributed by atoms with Gasteiger partial charge in [0.05, 0.1) is 5.88 Å². The Hall–Kier alpha value is -0.700. The van der Waals surface area contributed by atoms with Crippen LogP contribution in [0.15, 0.2) is 40.9 Å². The summed E-state index contributed by atoms with van der Waals surface area (Å²) in [4.78, 5) is 0. The van der Waals surface area contributed by atoms with E-state index in [1.807, 2.05) is 37.3 Å². The van der Waals surface area contributed by atoms with E-state index in [-0.39, 0.29) is 0 Å². The second-order valence-corrected chi connectivity index (χ2v) is 5.52. The van der Waals surface area contributed by atoms with Crippen molar-refractivity contribution in [2.75, 3.05) is 0 Å². The Morgan fingerprint density at radius 1 is 1.11 bits per heavy atom. The van der Waals surface area contributed by atoms with E-state index >= 15 is 0 Å². The summed E-state index contributed by atoms with van der Waals surface area (Å²) in [5, 5.41) is 0.656. The fourth-order valence-corrected chi connectivity index (χ4v) is 2.30. The van der Waals surface area contributed by atoms with Crippen LogP contribution in [-0.4, -0.2) is 0 Å². The summed E-state index contributed by atoms with van der Waals surface area (Å²) in [6.07, 6.45) is 0. The molecule has 0 N–H and O–H groups in total. The number of ether oxygens (including phenoxy) is 1. The first kappa shape index (κ1) is 13.7. The summed E-state index contributed by atoms with van der Waals surface area (Å²) in [6, 6.07) is 11.3. The molecule has 2 aromatic rings. The minimum atomic E-state index is 0.364. The van der Waals surface area contributed by atoms with Gasteiger partial charge in [0.15, 0.2) is 0 Å². The molecule has 2 rings (SSSR count). The molecule has 0 unspecified atom stereocenters. The number of aryl methyl sites for hydroxylation is 1. The molecule has 1 nitrogen and oxygen atoms in total. The van der Waals surface area contributed by atoms with Crippen molar-refractivity contribution in [3.63, 3.8) is 0 Å². The van der Waals surface area contributed by atoms with Crippen molar-refractivity contribution in [3.8, 4) is 11.5 Å². The zero-order valence-corrected chi connectivity index (χ0v) is 12.8. The van der Waals surface area contributed by atoms with Gasteiger partial charge >= 0.3 is 0 Å². The zero-order valence-electron chi connectivity index (χ0n) is 9.71. The summed E-state index contributed by atoms with van der Waals surface area (Å²) >= 11 is 15.3. The normalized spacial score (nSPS) is 10.4. The van der Waals surface area contributed by atoms with E-state index < -0.39 is 0 Å². The number of rotatable bonds is 3. The van der Waals surface area contributed by atoms with Gasteiger partial charge in [-0.15, -0.1) is 11.6 Å². The van der Waals surface area contributed by atoms with Crippen LogP contribution in [0, 0.1) is 6.92 Å². The molecule has 0 saturated heterocycles. The third-order valence-electron chi connectivity index (χ3n) is 2.54. The largest absolute Gasteiger partial charge is 0.457 e. The van der Waals surface area contributed by atoms with Crippen LogP contribution in [0.2, 0.25) is 5.02 Å². The molecule has 0 atom stereocenters. The van der Waals surface area contributed by atoms with Crippen molar-refractivity contribution in [2.45, 2.75) is 12.8 Å². The van der Waals surface area contributed by atoms with Gasteiger partial charge in [0.2, 0.25) is 0 Å². The molecule has 4 heteroatoms. The monoisotopic (exact) mass is 344 g/mol. The van der Waals surface area contributed by atoms with Crippen LogP contribution in [0.1, 0.15) is 11.1 Å². The van der Waals surface area contributed by atoms with Crippen molar-refractivity contribution in [1.82, 2.24) is 0 Å². The van der Waals surface area contributed by atoms with Crippen LogP contribution in [0.5, 0.6) is 11.5 Å². The highest BCUT2D eigenvalue weighted by Gasteiger charge is 2.07. The Bertz CT molecular complexity index is 570. The molecule has 0 spiro atoms. The first-order chi connectivity index (χ1) is 8.60. The molecule has 2 aromatic carbocycles. The predicted molar refractivity (Wildman–Crippen MR) is 80.0 cm³/mol. The highest BCUT2D eigenvalue weighted by molar-refractivity contribution is 9.10. The summed E-state index contributed by atoms with van der Waals surface area (Å²) < 4.78 is 6.87. The number of benzene rings is 2. The zero-order chi connectivity index (χ0) is 13.1. The molecule has 0 aliphatic heterocycles. The predicted octanol–water partition coefficient (Wildman–Crippen LogP) is 5.94. The number of hydrogen-bond donors (Lipinski definition) is 0. The SMILES string of the molecule is Cc1ccc(Br)cc1Oc1ccc(Cl)cc1CCl. The molecular weight excluding hydrogens is 335 g/mol. The van der Waals surface area contributed by atoms with E-state index in [9.17, 15) is 0 Å². The van der Waals surface area contributed by atoms with Gasteiger partial charge in [0.1, 0.15) is 11.5 Å². The Kier molecular flexibility index (Phi) is 4.55. The van der Waals surface area contributed by atoms with Gasteiger partial charge in [-0.05, 0) is 42.8 Å². The second kappa shape index (κ2) is 5.96. The Balaban J connectivity index is 2.36. The maximum Gasteiger partial charge on any atom is 0.131 e. The molecule has 0 aliphatic carbocycles. The number of halogens is 3. The van der Waals surface area contributed by atoms with Gasteiger partial charge in [0.25, 0.3) is 0 Å². The summed E-state index contributed by atoms with van der Waals surface area (Å²) in [6.45, 7) is 2.00. The maximum atomic E-state index is 5.93. The van der Waals surface area contributed by atoms with Gasteiger partial charge < -0.3 is 4.74 Å². The fraction of sp³-hybridized carbons (Fsp3) is 0.143. The highest BCUT2D eigenvalue weighted by Crippen LogP contribution is 2.32. The third kappa shape index (κ3) is 3.19. The van der Waals surface area contributed by atoms with Crippen molar-refractivity contribution in [3.05, 3.63) is 57.0 Å². The molecule has 0 saturated carbocycles. The van der Waals surface area contributed by atoms with Crippen molar-refractivity contribution < 1.29 is 4.74 Å². The standard InChI is InChI=1S/C14H11BrCl2O/c1-9-2-3-11(15)7-14(9)18-13-5-4-12(17)6-10(13)8-16/h2-7H,8H2,1H3. The van der Waals surface area contributed by atoms with E-state index in [0.717, 1.165) is 27.1 Å². The average Bonchev–Trinajstić information content (AvgIpc) is 2.36. The van der Waals surface area contributed by atoms with E-state index in [2.05, 4.69) is 15.9 Å². The third-order valence-corrected chi connectivity index (χ3v) is 3.55. The first-order valence-corrected chi connectivity index (χ1v) is 7.09. The fourth-order valence-electron chi connectivity index (χ4n) is 1.55. The molecule has 0 radical (unpaired) electrons. The van der Waals surface area contributed by atoms with Gasteiger partial charge in [-0.3, -0.25) is 0 Å². The van der Waals surface area contributed by atoms with Crippen LogP contribution >= 0.6 is 39.1 Å². The van der Waals surface area contributed by atoms with Gasteiger partial charge in [-0.1, -0.05) is 33.6 Å². The van der Waals surface area contributed by atoms with Gasteiger partial charge in [0, 0.05) is 15.1 Å².